The van der Waals surface area contributed by atoms with Crippen molar-refractivity contribution in [2.75, 3.05) is 19.9 Å². The van der Waals surface area contributed by atoms with Crippen LogP contribution in [0.5, 0.6) is 5.75 Å². The Balaban J connectivity index is 2.32. The number of rotatable bonds is 4. The number of nitrogens with one attached hydrogen (secondary N) is 1. The second kappa shape index (κ2) is 5.34. The number of amides is 2. The van der Waals surface area contributed by atoms with Crippen molar-refractivity contribution in [3.63, 3.8) is 0 Å². The van der Waals surface area contributed by atoms with Gasteiger partial charge in [0, 0.05) is 18.8 Å². The van der Waals surface area contributed by atoms with Crippen LogP contribution in [0.4, 0.5) is 5.69 Å². The van der Waals surface area contributed by atoms with Gasteiger partial charge in [0.1, 0.15) is 16.7 Å². The van der Waals surface area contributed by atoms with Crippen LogP contribution >= 0.6 is 0 Å². The Hall–Kier alpha value is -2.13. The molecule has 1 aliphatic rings. The maximum atomic E-state index is 12.3. The molecule has 9 heteroatoms. The molecular formula is C12H15N3O5S. The number of carbonyl (C=O) groups excluding carboxylic acids is 2. The van der Waals surface area contributed by atoms with Crippen molar-refractivity contribution >= 4 is 27.5 Å². The number of sulfonamides is 1. The molecule has 1 aromatic carbocycles. The monoisotopic (exact) mass is 313 g/mol. The number of benzene rings is 1. The summed E-state index contributed by atoms with van der Waals surface area (Å²) in [6.45, 7) is 0. The number of nitrogens with two attached hydrogens (primary N) is 1. The number of likely N-dealkylation sites (tertiary alicyclic amines) is 1. The number of hydrogen-bond acceptors (Lipinski definition) is 6. The molecule has 0 aromatic heterocycles. The number of nitrogen functional groups attached to an aromatic ring is 1. The molecule has 0 spiro atoms. The number of hydrogen-bond donors (Lipinski definition) is 2. The molecule has 1 fully saturated rings. The molecule has 0 saturated carbocycles. The topological polar surface area (TPSA) is 119 Å². The standard InChI is InChI=1S/C12H15N3O5S/c1-15-11(16)6-8(12(15)17)14-21(18,19)10-4-3-7(13)5-9(10)20-2/h3-5,8,14H,6,13H2,1-2H3. The van der Waals surface area contributed by atoms with Crippen LogP contribution in [-0.2, 0) is 19.6 Å². The molecule has 21 heavy (non-hydrogen) atoms. The summed E-state index contributed by atoms with van der Waals surface area (Å²) in [6, 6.07) is 2.95. The van der Waals surface area contributed by atoms with E-state index < -0.39 is 27.9 Å². The lowest BCUT2D eigenvalue weighted by molar-refractivity contribution is -0.137. The van der Waals surface area contributed by atoms with Crippen LogP contribution < -0.4 is 15.2 Å². The summed E-state index contributed by atoms with van der Waals surface area (Å²) >= 11 is 0. The Bertz CT molecular complexity index is 701. The third-order valence-corrected chi connectivity index (χ3v) is 4.67. The number of nitrogens with zero attached hydrogens (tertiary/aromatic N) is 1. The van der Waals surface area contributed by atoms with Crippen molar-refractivity contribution in [1.82, 2.24) is 9.62 Å². The fraction of sp³-hybridized carbons (Fsp3) is 0.333. The van der Waals surface area contributed by atoms with E-state index in [1.807, 2.05) is 0 Å². The summed E-state index contributed by atoms with van der Waals surface area (Å²) in [5.74, 6) is -0.956. The smallest absolute Gasteiger partial charge is 0.247 e. The van der Waals surface area contributed by atoms with Crippen LogP contribution in [0.25, 0.3) is 0 Å². The molecule has 1 saturated heterocycles. The lowest BCUT2D eigenvalue weighted by Crippen LogP contribution is -2.40. The average molecular weight is 313 g/mol. The molecule has 2 rings (SSSR count). The number of ether oxygens (including phenoxy) is 1. The van der Waals surface area contributed by atoms with E-state index in [9.17, 15) is 18.0 Å². The van der Waals surface area contributed by atoms with Crippen molar-refractivity contribution in [1.29, 1.82) is 0 Å². The highest BCUT2D eigenvalue weighted by atomic mass is 32.2. The molecule has 1 aromatic rings. The lowest BCUT2D eigenvalue weighted by atomic mass is 10.3. The molecule has 2 amide bonds. The van der Waals surface area contributed by atoms with Crippen molar-refractivity contribution in [3.05, 3.63) is 18.2 Å². The van der Waals surface area contributed by atoms with Gasteiger partial charge in [0.25, 0.3) is 0 Å². The third-order valence-electron chi connectivity index (χ3n) is 3.16. The second-order valence-corrected chi connectivity index (χ2v) is 6.26. The first kappa shape index (κ1) is 15.3. The van der Waals surface area contributed by atoms with Gasteiger partial charge in [-0.05, 0) is 12.1 Å². The normalized spacial score (nSPS) is 19.1. The fourth-order valence-electron chi connectivity index (χ4n) is 2.00. The van der Waals surface area contributed by atoms with Crippen LogP contribution in [0.2, 0.25) is 0 Å². The maximum absolute atomic E-state index is 12.3. The van der Waals surface area contributed by atoms with Gasteiger partial charge < -0.3 is 10.5 Å². The zero-order valence-electron chi connectivity index (χ0n) is 11.5. The van der Waals surface area contributed by atoms with Gasteiger partial charge in [-0.2, -0.15) is 4.72 Å². The van der Waals surface area contributed by atoms with Crippen LogP contribution in [-0.4, -0.2) is 45.3 Å². The van der Waals surface area contributed by atoms with E-state index in [1.54, 1.807) is 0 Å². The minimum absolute atomic E-state index is 0.0626. The van der Waals surface area contributed by atoms with Crippen molar-refractivity contribution in [3.8, 4) is 5.75 Å². The van der Waals surface area contributed by atoms with Crippen molar-refractivity contribution in [2.45, 2.75) is 17.4 Å². The highest BCUT2D eigenvalue weighted by molar-refractivity contribution is 7.89. The molecule has 1 heterocycles. The van der Waals surface area contributed by atoms with E-state index in [4.69, 9.17) is 10.5 Å². The maximum Gasteiger partial charge on any atom is 0.247 e. The Kier molecular flexibility index (Phi) is 3.88. The summed E-state index contributed by atoms with van der Waals surface area (Å²) in [7, 11) is -1.39. The summed E-state index contributed by atoms with van der Waals surface area (Å²) in [6.07, 6.45) is -0.203. The minimum atomic E-state index is -4.01. The van der Waals surface area contributed by atoms with Gasteiger partial charge in [-0.1, -0.05) is 0 Å². The van der Waals surface area contributed by atoms with E-state index >= 15 is 0 Å². The Morgan fingerprint density at radius 2 is 2.05 bits per heavy atom. The molecule has 114 valence electrons. The average Bonchev–Trinajstić information content (AvgIpc) is 2.65. The van der Waals surface area contributed by atoms with E-state index in [2.05, 4.69) is 4.72 Å². The molecule has 0 bridgehead atoms. The van der Waals surface area contributed by atoms with Gasteiger partial charge in [-0.3, -0.25) is 14.5 Å². The largest absolute Gasteiger partial charge is 0.495 e. The minimum Gasteiger partial charge on any atom is -0.495 e. The molecule has 1 aliphatic heterocycles. The first-order chi connectivity index (χ1) is 9.76. The predicted octanol–water partition coefficient (Wildman–Crippen LogP) is -0.687. The van der Waals surface area contributed by atoms with E-state index in [0.717, 1.165) is 4.90 Å². The van der Waals surface area contributed by atoms with Crippen LogP contribution in [0, 0.1) is 0 Å². The van der Waals surface area contributed by atoms with Crippen LogP contribution in [0.3, 0.4) is 0 Å². The van der Waals surface area contributed by atoms with Gasteiger partial charge in [0.05, 0.1) is 13.5 Å². The first-order valence-electron chi connectivity index (χ1n) is 6.02. The molecule has 0 radical (unpaired) electrons. The van der Waals surface area contributed by atoms with Gasteiger partial charge in [-0.25, -0.2) is 8.42 Å². The van der Waals surface area contributed by atoms with Crippen LogP contribution in [0.15, 0.2) is 23.1 Å². The van der Waals surface area contributed by atoms with Gasteiger partial charge in [-0.15, -0.1) is 0 Å². The number of anilines is 1. The zero-order chi connectivity index (χ0) is 15.8. The molecule has 8 nitrogen and oxygen atoms in total. The second-order valence-electron chi connectivity index (χ2n) is 4.58. The van der Waals surface area contributed by atoms with Gasteiger partial charge in [0.2, 0.25) is 21.8 Å². The van der Waals surface area contributed by atoms with E-state index in [0.29, 0.717) is 5.69 Å². The molecule has 1 atom stereocenters. The first-order valence-corrected chi connectivity index (χ1v) is 7.51. The quantitative estimate of drug-likeness (QED) is 0.561. The summed E-state index contributed by atoms with van der Waals surface area (Å²) in [5.41, 5.74) is 5.91. The molecule has 1 unspecified atom stereocenters. The molecule has 0 aliphatic carbocycles. The SMILES string of the molecule is COc1cc(N)ccc1S(=O)(=O)NC1CC(=O)N(C)C1=O. The van der Waals surface area contributed by atoms with Crippen LogP contribution in [0.1, 0.15) is 6.42 Å². The third kappa shape index (κ3) is 2.83. The highest BCUT2D eigenvalue weighted by Crippen LogP contribution is 2.26. The molecule has 3 N–H and O–H groups in total. The predicted molar refractivity (Wildman–Crippen MR) is 73.9 cm³/mol. The van der Waals surface area contributed by atoms with Gasteiger partial charge in [0.15, 0.2) is 0 Å². The van der Waals surface area contributed by atoms with Gasteiger partial charge >= 0.3 is 0 Å². The van der Waals surface area contributed by atoms with E-state index in [1.165, 1.54) is 32.4 Å². The number of methoxy groups -OCH3 is 1. The Morgan fingerprint density at radius 1 is 1.38 bits per heavy atom. The van der Waals surface area contributed by atoms with E-state index in [-0.39, 0.29) is 17.1 Å². The highest BCUT2D eigenvalue weighted by Gasteiger charge is 2.39. The summed E-state index contributed by atoms with van der Waals surface area (Å²) in [5, 5.41) is 0. The van der Waals surface area contributed by atoms with Crippen molar-refractivity contribution < 1.29 is 22.7 Å². The van der Waals surface area contributed by atoms with Crippen molar-refractivity contribution in [2.24, 2.45) is 0 Å². The summed E-state index contributed by atoms with van der Waals surface area (Å²) < 4.78 is 31.8. The number of imide groups is 1. The number of carbonyl (C=O) groups is 2. The molecular weight excluding hydrogens is 298 g/mol. The fourth-order valence-corrected chi connectivity index (χ4v) is 3.34. The Morgan fingerprint density at radius 3 is 2.57 bits per heavy atom. The summed E-state index contributed by atoms with van der Waals surface area (Å²) in [4.78, 5) is 23.9. The number of likely N-dealkylation sites (N-methyl/N-ethyl adjacent to an activating group) is 1. The Labute approximate surface area is 121 Å². The lowest BCUT2D eigenvalue weighted by Gasteiger charge is -2.14. The zero-order valence-corrected chi connectivity index (χ0v) is 12.3.